The minimum absolute atomic E-state index is 0.00925. The summed E-state index contributed by atoms with van der Waals surface area (Å²) >= 11 is 3.93. The van der Waals surface area contributed by atoms with Crippen LogP contribution in [0.2, 0.25) is 0 Å². The van der Waals surface area contributed by atoms with Crippen LogP contribution in [0.3, 0.4) is 0 Å². The molecule has 0 aromatic rings. The molecule has 3 nitrogen and oxygen atoms in total. The third kappa shape index (κ3) is 4.51. The minimum atomic E-state index is -0.294. The third-order valence-corrected chi connectivity index (χ3v) is 1.95. The van der Waals surface area contributed by atoms with Crippen LogP contribution in [0.1, 0.15) is 19.8 Å². The van der Waals surface area contributed by atoms with Crippen LogP contribution in [0.25, 0.3) is 0 Å². The first-order valence-corrected chi connectivity index (χ1v) is 4.58. The van der Waals surface area contributed by atoms with Gasteiger partial charge in [0.1, 0.15) is 11.6 Å². The lowest BCUT2D eigenvalue weighted by Gasteiger charge is -2.08. The number of Topliss-reactive ketones (excluding diaryl/α,β-unsaturated/α-hetero) is 2. The largest absolute Gasteiger partial charge is 0.330 e. The first kappa shape index (κ1) is 11.6. The quantitative estimate of drug-likeness (QED) is 0.596. The van der Waals surface area contributed by atoms with Crippen molar-refractivity contribution >= 4 is 24.2 Å². The van der Waals surface area contributed by atoms with Crippen molar-refractivity contribution in [1.82, 2.24) is 0 Å². The molecule has 0 aromatic heterocycles. The Hall–Kier alpha value is -0.350. The number of thiol groups is 1. The highest BCUT2D eigenvalue weighted by Gasteiger charge is 2.15. The van der Waals surface area contributed by atoms with Gasteiger partial charge in [-0.15, -0.1) is 0 Å². The zero-order valence-corrected chi connectivity index (χ0v) is 8.14. The van der Waals surface area contributed by atoms with Crippen LogP contribution in [-0.2, 0) is 9.59 Å². The van der Waals surface area contributed by atoms with Gasteiger partial charge in [-0.05, 0) is 12.7 Å². The molecule has 12 heavy (non-hydrogen) atoms. The van der Waals surface area contributed by atoms with E-state index in [2.05, 4.69) is 12.6 Å². The summed E-state index contributed by atoms with van der Waals surface area (Å²) in [5.41, 5.74) is 5.33. The second-order valence-electron chi connectivity index (χ2n) is 2.76. The molecule has 0 aliphatic heterocycles. The summed E-state index contributed by atoms with van der Waals surface area (Å²) in [6.45, 7) is 1.72. The van der Waals surface area contributed by atoms with E-state index >= 15 is 0 Å². The summed E-state index contributed by atoms with van der Waals surface area (Å²) in [4.78, 5) is 21.9. The van der Waals surface area contributed by atoms with Crippen LogP contribution in [0.15, 0.2) is 0 Å². The van der Waals surface area contributed by atoms with E-state index < -0.39 is 0 Å². The van der Waals surface area contributed by atoms with Crippen LogP contribution >= 0.6 is 12.6 Å². The highest BCUT2D eigenvalue weighted by molar-refractivity contribution is 7.80. The molecule has 4 heteroatoms. The van der Waals surface area contributed by atoms with Gasteiger partial charge in [-0.2, -0.15) is 12.6 Å². The molecule has 0 fully saturated rings. The number of hydrogen-bond donors (Lipinski definition) is 2. The first-order chi connectivity index (χ1) is 5.61. The predicted octanol–water partition coefficient (Wildman–Crippen LogP) is 0.429. The standard InChI is InChI=1S/C8H15NO2S/c1-6(10)7(5-9)4-8(11)2-3-12/h7,12H,2-5,9H2,1H3. The second kappa shape index (κ2) is 6.20. The van der Waals surface area contributed by atoms with Gasteiger partial charge in [0.2, 0.25) is 0 Å². The number of carbonyl (C=O) groups is 2. The molecule has 0 aromatic carbocycles. The van der Waals surface area contributed by atoms with Crippen molar-refractivity contribution in [3.8, 4) is 0 Å². The fraction of sp³-hybridized carbons (Fsp3) is 0.750. The van der Waals surface area contributed by atoms with Gasteiger partial charge in [-0.1, -0.05) is 0 Å². The average molecular weight is 189 g/mol. The van der Waals surface area contributed by atoms with Crippen molar-refractivity contribution in [1.29, 1.82) is 0 Å². The van der Waals surface area contributed by atoms with E-state index in [0.717, 1.165) is 0 Å². The molecular weight excluding hydrogens is 174 g/mol. The topological polar surface area (TPSA) is 60.2 Å². The van der Waals surface area contributed by atoms with Crippen LogP contribution in [0, 0.1) is 5.92 Å². The molecule has 2 N–H and O–H groups in total. The summed E-state index contributed by atoms with van der Waals surface area (Å²) < 4.78 is 0. The first-order valence-electron chi connectivity index (χ1n) is 3.95. The summed E-state index contributed by atoms with van der Waals surface area (Å²) in [6, 6.07) is 0. The number of rotatable bonds is 6. The molecule has 0 aliphatic rings. The van der Waals surface area contributed by atoms with Crippen molar-refractivity contribution in [3.05, 3.63) is 0 Å². The Labute approximate surface area is 78.1 Å². The highest BCUT2D eigenvalue weighted by Crippen LogP contribution is 2.05. The molecule has 0 bridgehead atoms. The molecule has 0 spiro atoms. The van der Waals surface area contributed by atoms with Gasteiger partial charge < -0.3 is 5.73 Å². The van der Waals surface area contributed by atoms with E-state index in [1.165, 1.54) is 6.92 Å². The van der Waals surface area contributed by atoms with Gasteiger partial charge in [-0.3, -0.25) is 9.59 Å². The van der Waals surface area contributed by atoms with Crippen molar-refractivity contribution in [2.75, 3.05) is 12.3 Å². The van der Waals surface area contributed by atoms with Crippen LogP contribution in [-0.4, -0.2) is 23.9 Å². The van der Waals surface area contributed by atoms with Crippen LogP contribution in [0.5, 0.6) is 0 Å². The Morgan fingerprint density at radius 3 is 2.42 bits per heavy atom. The zero-order valence-electron chi connectivity index (χ0n) is 7.25. The van der Waals surface area contributed by atoms with E-state index in [1.807, 2.05) is 0 Å². The third-order valence-electron chi connectivity index (χ3n) is 1.72. The Morgan fingerprint density at radius 1 is 1.50 bits per heavy atom. The molecule has 0 saturated heterocycles. The summed E-state index contributed by atoms with van der Waals surface area (Å²) in [5.74, 6) is 0.298. The van der Waals surface area contributed by atoms with E-state index in [9.17, 15) is 9.59 Å². The van der Waals surface area contributed by atoms with E-state index in [4.69, 9.17) is 5.73 Å². The Kier molecular flexibility index (Phi) is 6.02. The van der Waals surface area contributed by atoms with Gasteiger partial charge in [0.05, 0.1) is 0 Å². The highest BCUT2D eigenvalue weighted by atomic mass is 32.1. The number of ketones is 2. The molecule has 70 valence electrons. The Morgan fingerprint density at radius 2 is 2.08 bits per heavy atom. The zero-order chi connectivity index (χ0) is 9.56. The lowest BCUT2D eigenvalue weighted by molar-refractivity contribution is -0.126. The van der Waals surface area contributed by atoms with Gasteiger partial charge in [0.15, 0.2) is 0 Å². The van der Waals surface area contributed by atoms with Crippen LogP contribution in [0.4, 0.5) is 0 Å². The second-order valence-corrected chi connectivity index (χ2v) is 3.21. The summed E-state index contributed by atoms with van der Waals surface area (Å²) in [5, 5.41) is 0. The maximum atomic E-state index is 11.1. The van der Waals surface area contributed by atoms with Crippen LogP contribution < -0.4 is 5.73 Å². The minimum Gasteiger partial charge on any atom is -0.330 e. The fourth-order valence-corrected chi connectivity index (χ4v) is 1.14. The van der Waals surface area contributed by atoms with Gasteiger partial charge in [0.25, 0.3) is 0 Å². The molecule has 0 saturated carbocycles. The van der Waals surface area contributed by atoms with E-state index in [-0.39, 0.29) is 30.4 Å². The number of hydrogen-bond acceptors (Lipinski definition) is 4. The lowest BCUT2D eigenvalue weighted by Crippen LogP contribution is -2.24. The van der Waals surface area contributed by atoms with E-state index in [1.54, 1.807) is 0 Å². The average Bonchev–Trinajstić information content (AvgIpc) is 2.00. The molecule has 0 heterocycles. The molecule has 1 atom stereocenters. The van der Waals surface area contributed by atoms with Crippen molar-refractivity contribution in [3.63, 3.8) is 0 Å². The predicted molar refractivity (Wildman–Crippen MR) is 51.3 cm³/mol. The van der Waals surface area contributed by atoms with Crippen molar-refractivity contribution in [2.45, 2.75) is 19.8 Å². The maximum Gasteiger partial charge on any atom is 0.134 e. The Bertz CT molecular complexity index is 170. The molecule has 1 unspecified atom stereocenters. The lowest BCUT2D eigenvalue weighted by atomic mass is 9.98. The number of carbonyl (C=O) groups excluding carboxylic acids is 2. The van der Waals surface area contributed by atoms with E-state index in [0.29, 0.717) is 12.2 Å². The monoisotopic (exact) mass is 189 g/mol. The van der Waals surface area contributed by atoms with Crippen molar-refractivity contribution < 1.29 is 9.59 Å². The number of nitrogens with two attached hydrogens (primary N) is 1. The molecule has 0 radical (unpaired) electrons. The SMILES string of the molecule is CC(=O)C(CN)CC(=O)CCS. The Balaban J connectivity index is 3.85. The van der Waals surface area contributed by atoms with Crippen molar-refractivity contribution in [2.24, 2.45) is 11.7 Å². The smallest absolute Gasteiger partial charge is 0.134 e. The summed E-state index contributed by atoms with van der Waals surface area (Å²) in [6.07, 6.45) is 0.694. The normalized spacial score (nSPS) is 12.6. The summed E-state index contributed by atoms with van der Waals surface area (Å²) in [7, 11) is 0. The molecular formula is C8H15NO2S. The molecule has 0 rings (SSSR count). The van der Waals surface area contributed by atoms with Gasteiger partial charge >= 0.3 is 0 Å². The molecule has 0 amide bonds. The van der Waals surface area contributed by atoms with Gasteiger partial charge in [0, 0.05) is 25.3 Å². The fourth-order valence-electron chi connectivity index (χ4n) is 0.895. The molecule has 0 aliphatic carbocycles. The maximum absolute atomic E-state index is 11.1. The van der Waals surface area contributed by atoms with Gasteiger partial charge in [-0.25, -0.2) is 0 Å².